The Hall–Kier alpha value is -1.83. The number of urea groups is 1. The first-order valence-corrected chi connectivity index (χ1v) is 7.24. The lowest BCUT2D eigenvalue weighted by Crippen LogP contribution is -2.62. The van der Waals surface area contributed by atoms with Gasteiger partial charge in [0, 0.05) is 0 Å². The van der Waals surface area contributed by atoms with Crippen LogP contribution < -0.4 is 5.32 Å². The van der Waals surface area contributed by atoms with Crippen molar-refractivity contribution in [2.75, 3.05) is 0 Å². The minimum atomic E-state index is -0.747. The minimum absolute atomic E-state index is 0.0400. The average Bonchev–Trinajstić information content (AvgIpc) is 2.90. The molecule has 1 heterocycles. The molecule has 1 aliphatic carbocycles. The van der Waals surface area contributed by atoms with Crippen molar-refractivity contribution >= 4 is 17.8 Å². The third kappa shape index (κ3) is 2.55. The van der Waals surface area contributed by atoms with Crippen molar-refractivity contribution in [2.45, 2.75) is 51.5 Å². The summed E-state index contributed by atoms with van der Waals surface area (Å²) in [5.41, 5.74) is 0. The maximum Gasteiger partial charge on any atom is 0.331 e. The van der Waals surface area contributed by atoms with Crippen LogP contribution >= 0.6 is 0 Å². The molecule has 20 heavy (non-hydrogen) atoms. The Kier molecular flexibility index (Phi) is 4.43. The molecule has 5 heteroatoms. The van der Waals surface area contributed by atoms with Gasteiger partial charge in [-0.15, -0.1) is 6.42 Å². The smallest absolute Gasteiger partial charge is 0.277 e. The van der Waals surface area contributed by atoms with Gasteiger partial charge < -0.3 is 0 Å². The fraction of sp³-hybridized carbons (Fsp3) is 0.667. The zero-order valence-corrected chi connectivity index (χ0v) is 11.7. The Balaban J connectivity index is 2.23. The number of amides is 4. The molecule has 0 bridgehead atoms. The first-order valence-electron chi connectivity index (χ1n) is 7.24. The highest BCUT2D eigenvalue weighted by Crippen LogP contribution is 2.34. The number of nitrogens with one attached hydrogen (secondary N) is 1. The predicted octanol–water partition coefficient (Wildman–Crippen LogP) is 1.67. The molecule has 4 amide bonds. The van der Waals surface area contributed by atoms with Crippen LogP contribution in [0.5, 0.6) is 0 Å². The molecular weight excluding hydrogens is 256 g/mol. The van der Waals surface area contributed by atoms with E-state index in [4.69, 9.17) is 6.42 Å². The van der Waals surface area contributed by atoms with Gasteiger partial charge in [-0.1, -0.05) is 32.1 Å². The summed E-state index contributed by atoms with van der Waals surface area (Å²) in [6, 6.07) is -1.24. The lowest BCUT2D eigenvalue weighted by Gasteiger charge is -2.35. The summed E-state index contributed by atoms with van der Waals surface area (Å²) in [5, 5.41) is 2.29. The monoisotopic (exact) mass is 276 g/mol. The largest absolute Gasteiger partial charge is 0.331 e. The number of carbonyl (C=O) groups excluding carboxylic acids is 3. The van der Waals surface area contributed by atoms with E-state index in [0.29, 0.717) is 6.42 Å². The Morgan fingerprint density at radius 3 is 2.55 bits per heavy atom. The van der Waals surface area contributed by atoms with Gasteiger partial charge in [-0.05, 0) is 25.2 Å². The molecule has 0 aromatic heterocycles. The second-order valence-corrected chi connectivity index (χ2v) is 5.50. The van der Waals surface area contributed by atoms with Crippen LogP contribution in [-0.2, 0) is 9.59 Å². The molecule has 108 valence electrons. The molecule has 2 unspecified atom stereocenters. The van der Waals surface area contributed by atoms with Gasteiger partial charge in [0.05, 0.1) is 0 Å². The standard InChI is InChI=1S/C15H20N2O3/c1-3-7-11(4-2)17-14(19)12(10-8-5-6-9-10)13(18)16-15(17)20/h2,10-12H,3,5-9H2,1H3,(H,16,18,20). The summed E-state index contributed by atoms with van der Waals surface area (Å²) in [5.74, 6) is 0.908. The fourth-order valence-electron chi connectivity index (χ4n) is 3.17. The van der Waals surface area contributed by atoms with Gasteiger partial charge in [-0.3, -0.25) is 14.9 Å². The summed E-state index contributed by atoms with van der Waals surface area (Å²) in [6.45, 7) is 1.94. The summed E-state index contributed by atoms with van der Waals surface area (Å²) < 4.78 is 0. The molecule has 1 saturated heterocycles. The third-order valence-electron chi connectivity index (χ3n) is 4.17. The number of barbiturate groups is 1. The normalized spacial score (nSPS) is 25.5. The highest BCUT2D eigenvalue weighted by Gasteiger charge is 2.46. The topological polar surface area (TPSA) is 66.5 Å². The van der Waals surface area contributed by atoms with Gasteiger partial charge in [0.1, 0.15) is 12.0 Å². The molecule has 1 saturated carbocycles. The molecule has 2 rings (SSSR count). The zero-order valence-electron chi connectivity index (χ0n) is 11.7. The van der Waals surface area contributed by atoms with Crippen molar-refractivity contribution < 1.29 is 14.4 Å². The summed E-state index contributed by atoms with van der Waals surface area (Å²) in [4.78, 5) is 37.5. The van der Waals surface area contributed by atoms with Crippen molar-refractivity contribution in [2.24, 2.45) is 11.8 Å². The number of nitrogens with zero attached hydrogens (tertiary/aromatic N) is 1. The van der Waals surface area contributed by atoms with E-state index in [9.17, 15) is 14.4 Å². The first-order chi connectivity index (χ1) is 9.60. The molecule has 5 nitrogen and oxygen atoms in total. The summed E-state index contributed by atoms with van der Waals surface area (Å²) in [7, 11) is 0. The molecule has 2 fully saturated rings. The second-order valence-electron chi connectivity index (χ2n) is 5.50. The molecule has 2 atom stereocenters. The molecule has 0 aromatic rings. The van der Waals surface area contributed by atoms with E-state index >= 15 is 0 Å². The van der Waals surface area contributed by atoms with Crippen molar-refractivity contribution in [3.63, 3.8) is 0 Å². The number of hydrogen-bond acceptors (Lipinski definition) is 3. The molecule has 1 aliphatic heterocycles. The SMILES string of the molecule is C#CC(CCC)N1C(=O)NC(=O)C(C2CCCC2)C1=O. The van der Waals surface area contributed by atoms with Gasteiger partial charge in [-0.25, -0.2) is 9.69 Å². The van der Waals surface area contributed by atoms with Gasteiger partial charge in [0.25, 0.3) is 0 Å². The quantitative estimate of drug-likeness (QED) is 0.627. The number of imide groups is 2. The molecule has 2 aliphatic rings. The van der Waals surface area contributed by atoms with Crippen molar-refractivity contribution in [1.29, 1.82) is 0 Å². The van der Waals surface area contributed by atoms with Crippen LogP contribution in [0.3, 0.4) is 0 Å². The van der Waals surface area contributed by atoms with E-state index in [2.05, 4.69) is 11.2 Å². The number of rotatable bonds is 4. The number of hydrogen-bond donors (Lipinski definition) is 1. The van der Waals surface area contributed by atoms with Gasteiger partial charge in [0.15, 0.2) is 0 Å². The van der Waals surface area contributed by atoms with Crippen molar-refractivity contribution in [3.8, 4) is 12.3 Å². The maximum atomic E-state index is 12.6. The highest BCUT2D eigenvalue weighted by molar-refractivity contribution is 6.16. The van der Waals surface area contributed by atoms with Gasteiger partial charge in [0.2, 0.25) is 11.8 Å². The Morgan fingerprint density at radius 1 is 1.35 bits per heavy atom. The van der Waals surface area contributed by atoms with E-state index in [0.717, 1.165) is 37.0 Å². The fourth-order valence-corrected chi connectivity index (χ4v) is 3.17. The van der Waals surface area contributed by atoms with Gasteiger partial charge in [-0.2, -0.15) is 0 Å². The molecular formula is C15H20N2O3. The van der Waals surface area contributed by atoms with Crippen LogP contribution in [0.2, 0.25) is 0 Å². The zero-order chi connectivity index (χ0) is 14.7. The molecule has 0 radical (unpaired) electrons. The first kappa shape index (κ1) is 14.6. The Bertz CT molecular complexity index is 460. The minimum Gasteiger partial charge on any atom is -0.277 e. The van der Waals surface area contributed by atoms with E-state index < -0.39 is 29.8 Å². The maximum absolute atomic E-state index is 12.6. The third-order valence-corrected chi connectivity index (χ3v) is 4.17. The molecule has 1 N–H and O–H groups in total. The lowest BCUT2D eigenvalue weighted by molar-refractivity contribution is -0.145. The van der Waals surface area contributed by atoms with Crippen LogP contribution in [0.25, 0.3) is 0 Å². The van der Waals surface area contributed by atoms with Crippen LogP contribution in [0.1, 0.15) is 45.4 Å². The van der Waals surface area contributed by atoms with Crippen LogP contribution in [-0.4, -0.2) is 28.8 Å². The lowest BCUT2D eigenvalue weighted by atomic mass is 9.87. The summed E-state index contributed by atoms with van der Waals surface area (Å²) in [6.07, 6.45) is 10.6. The molecule has 0 spiro atoms. The second kappa shape index (κ2) is 6.08. The predicted molar refractivity (Wildman–Crippen MR) is 73.4 cm³/mol. The highest BCUT2D eigenvalue weighted by atomic mass is 16.2. The van der Waals surface area contributed by atoms with Crippen molar-refractivity contribution in [3.05, 3.63) is 0 Å². The number of terminal acetylenes is 1. The average molecular weight is 276 g/mol. The van der Waals surface area contributed by atoms with Crippen LogP contribution in [0.4, 0.5) is 4.79 Å². The van der Waals surface area contributed by atoms with Crippen LogP contribution in [0.15, 0.2) is 0 Å². The van der Waals surface area contributed by atoms with E-state index in [1.807, 2.05) is 6.92 Å². The summed E-state index contributed by atoms with van der Waals surface area (Å²) >= 11 is 0. The molecule has 0 aromatic carbocycles. The van der Waals surface area contributed by atoms with Gasteiger partial charge >= 0.3 is 6.03 Å². The van der Waals surface area contributed by atoms with Crippen molar-refractivity contribution in [1.82, 2.24) is 10.2 Å². The number of carbonyl (C=O) groups is 3. The van der Waals surface area contributed by atoms with E-state index in [1.54, 1.807) is 0 Å². The van der Waals surface area contributed by atoms with Crippen LogP contribution in [0, 0.1) is 24.2 Å². The Labute approximate surface area is 119 Å². The van der Waals surface area contributed by atoms with E-state index in [1.165, 1.54) is 0 Å². The van der Waals surface area contributed by atoms with E-state index in [-0.39, 0.29) is 5.92 Å². The Morgan fingerprint density at radius 2 is 2.00 bits per heavy atom.